The summed E-state index contributed by atoms with van der Waals surface area (Å²) in [5, 5.41) is 6.29. The van der Waals surface area contributed by atoms with E-state index in [0.29, 0.717) is 35.9 Å². The molecule has 35 heavy (non-hydrogen) atoms. The summed E-state index contributed by atoms with van der Waals surface area (Å²) >= 11 is 1.45. The number of benzene rings is 1. The molecule has 1 unspecified atom stereocenters. The first-order valence-electron chi connectivity index (χ1n) is 10.7. The number of hydrogen-bond acceptors (Lipinski definition) is 5. The molecule has 0 saturated carbocycles. The molecule has 0 bridgehead atoms. The van der Waals surface area contributed by atoms with Gasteiger partial charge in [-0.25, -0.2) is 4.98 Å². The Balaban J connectivity index is 1.53. The number of aromatic nitrogens is 2. The molecule has 1 aromatic carbocycles. The van der Waals surface area contributed by atoms with Crippen molar-refractivity contribution in [3.8, 4) is 29.0 Å². The normalized spacial score (nSPS) is 15.6. The predicted molar refractivity (Wildman–Crippen MR) is 125 cm³/mol. The molecule has 1 saturated heterocycles. The molecule has 0 aliphatic carbocycles. The summed E-state index contributed by atoms with van der Waals surface area (Å²) in [6.45, 7) is 0.282. The van der Waals surface area contributed by atoms with E-state index in [4.69, 9.17) is 4.74 Å². The van der Waals surface area contributed by atoms with Crippen molar-refractivity contribution in [2.45, 2.75) is 31.5 Å². The first-order valence-corrected chi connectivity index (χ1v) is 11.7. The first kappa shape index (κ1) is 24.3. The number of rotatable bonds is 6. The Morgan fingerprint density at radius 3 is 2.86 bits per heavy atom. The van der Waals surface area contributed by atoms with Crippen LogP contribution in [0.1, 0.15) is 30.5 Å². The second-order valence-electron chi connectivity index (χ2n) is 7.90. The van der Waals surface area contributed by atoms with E-state index in [1.165, 1.54) is 17.4 Å². The Hall–Kier alpha value is -3.78. The van der Waals surface area contributed by atoms with E-state index in [-0.39, 0.29) is 30.1 Å². The van der Waals surface area contributed by atoms with Crippen LogP contribution in [0.2, 0.25) is 0 Å². The van der Waals surface area contributed by atoms with E-state index in [2.05, 4.69) is 27.1 Å². The molecule has 3 heterocycles. The van der Waals surface area contributed by atoms with E-state index in [1.54, 1.807) is 35.5 Å². The zero-order chi connectivity index (χ0) is 25.0. The molecule has 2 aromatic heterocycles. The molecule has 1 fully saturated rings. The number of hydrogen-bond donors (Lipinski definition) is 2. The van der Waals surface area contributed by atoms with Gasteiger partial charge in [0.15, 0.2) is 0 Å². The lowest BCUT2D eigenvalue weighted by atomic mass is 10.1. The van der Waals surface area contributed by atoms with E-state index in [1.807, 2.05) is 5.38 Å². The van der Waals surface area contributed by atoms with Crippen molar-refractivity contribution >= 4 is 28.8 Å². The highest BCUT2D eigenvalue weighted by molar-refractivity contribution is 7.08. The topological polar surface area (TPSA) is 87.3 Å². The summed E-state index contributed by atoms with van der Waals surface area (Å²) in [7, 11) is 1.76. The maximum atomic E-state index is 13.0. The van der Waals surface area contributed by atoms with Gasteiger partial charge < -0.3 is 19.9 Å². The average molecular weight is 503 g/mol. The van der Waals surface area contributed by atoms with E-state index in [0.717, 1.165) is 6.42 Å². The van der Waals surface area contributed by atoms with Crippen molar-refractivity contribution in [1.82, 2.24) is 14.9 Å². The molecule has 0 spiro atoms. The highest BCUT2D eigenvalue weighted by Crippen LogP contribution is 2.33. The van der Waals surface area contributed by atoms with Crippen LogP contribution in [0.4, 0.5) is 18.9 Å². The van der Waals surface area contributed by atoms with Crippen LogP contribution in [-0.4, -0.2) is 46.4 Å². The van der Waals surface area contributed by atoms with Gasteiger partial charge in [0, 0.05) is 48.4 Å². The minimum absolute atomic E-state index is 0.00479. The van der Waals surface area contributed by atoms with Crippen LogP contribution in [0.15, 0.2) is 41.2 Å². The van der Waals surface area contributed by atoms with Gasteiger partial charge >= 0.3 is 12.1 Å². The fourth-order valence-electron chi connectivity index (χ4n) is 3.64. The third kappa shape index (κ3) is 6.02. The minimum Gasteiger partial charge on any atom is -0.491 e. The van der Waals surface area contributed by atoms with Crippen LogP contribution in [0.25, 0.3) is 11.4 Å². The van der Waals surface area contributed by atoms with E-state index >= 15 is 0 Å². The van der Waals surface area contributed by atoms with Gasteiger partial charge in [-0.05, 0) is 36.1 Å². The highest BCUT2D eigenvalue weighted by Gasteiger charge is 2.33. The van der Waals surface area contributed by atoms with Gasteiger partial charge in [-0.3, -0.25) is 9.59 Å². The number of imidazole rings is 1. The maximum Gasteiger partial charge on any atom is 0.432 e. The summed E-state index contributed by atoms with van der Waals surface area (Å²) in [6, 6.07) is 6.42. The maximum absolute atomic E-state index is 13.0. The largest absolute Gasteiger partial charge is 0.491 e. The number of likely N-dealkylation sites (tertiary alicyclic amines) is 1. The van der Waals surface area contributed by atoms with Crippen LogP contribution >= 0.6 is 11.3 Å². The fourth-order valence-corrected chi connectivity index (χ4v) is 4.23. The molecule has 7 nitrogen and oxygen atoms in total. The number of anilines is 1. The lowest BCUT2D eigenvalue weighted by Gasteiger charge is -2.20. The molecule has 182 valence electrons. The monoisotopic (exact) mass is 502 g/mol. The molecule has 0 radical (unpaired) electrons. The van der Waals surface area contributed by atoms with Crippen LogP contribution in [-0.2, 0) is 15.8 Å². The smallest absolute Gasteiger partial charge is 0.432 e. The molecule has 1 atom stereocenters. The zero-order valence-electron chi connectivity index (χ0n) is 18.6. The summed E-state index contributed by atoms with van der Waals surface area (Å²) in [6.07, 6.45) is -1.99. The number of thiophene rings is 1. The van der Waals surface area contributed by atoms with Gasteiger partial charge in [0.25, 0.3) is 0 Å². The van der Waals surface area contributed by atoms with Crippen molar-refractivity contribution in [3.05, 3.63) is 52.5 Å². The number of alkyl halides is 3. The Kier molecular flexibility index (Phi) is 7.12. The van der Waals surface area contributed by atoms with Gasteiger partial charge in [0.2, 0.25) is 5.91 Å². The number of aromatic amines is 1. The van der Waals surface area contributed by atoms with Gasteiger partial charge in [-0.15, -0.1) is 0 Å². The van der Waals surface area contributed by atoms with Crippen LogP contribution in [0.5, 0.6) is 5.75 Å². The number of amides is 2. The quantitative estimate of drug-likeness (QED) is 0.485. The third-order valence-corrected chi connectivity index (χ3v) is 6.25. The Bertz CT molecular complexity index is 1280. The number of nitrogens with zero attached hydrogens (tertiary/aromatic N) is 2. The Morgan fingerprint density at radius 1 is 1.37 bits per heavy atom. The average Bonchev–Trinajstić information content (AvgIpc) is 3.57. The first-order chi connectivity index (χ1) is 16.7. The second kappa shape index (κ2) is 10.2. The number of H-pyrrole nitrogens is 1. The number of halogens is 3. The number of ether oxygens (including phenoxy) is 1. The fraction of sp³-hybridized carbons (Fsp3) is 0.292. The molecular formula is C24H21F3N4O3S. The lowest BCUT2D eigenvalue weighted by molar-refractivity contribution is -0.140. The van der Waals surface area contributed by atoms with Crippen molar-refractivity contribution in [1.29, 1.82) is 0 Å². The number of carbonyl (C=O) groups is 2. The number of nitrogens with one attached hydrogen (secondary N) is 2. The zero-order valence-corrected chi connectivity index (χ0v) is 19.4. The van der Waals surface area contributed by atoms with Crippen molar-refractivity contribution in [2.75, 3.05) is 19.0 Å². The highest BCUT2D eigenvalue weighted by atomic mass is 32.1. The van der Waals surface area contributed by atoms with Crippen molar-refractivity contribution in [2.24, 2.45) is 0 Å². The number of carbonyl (C=O) groups excluding carboxylic acids is 2. The molecule has 4 rings (SSSR count). The van der Waals surface area contributed by atoms with E-state index < -0.39 is 17.8 Å². The Labute approximate surface area is 203 Å². The summed E-state index contributed by atoms with van der Waals surface area (Å²) < 4.78 is 44.8. The van der Waals surface area contributed by atoms with Crippen LogP contribution < -0.4 is 10.1 Å². The molecule has 3 aromatic rings. The Morgan fingerprint density at radius 2 is 2.20 bits per heavy atom. The van der Waals surface area contributed by atoms with Gasteiger partial charge in [0.1, 0.15) is 17.3 Å². The summed E-state index contributed by atoms with van der Waals surface area (Å²) in [5.41, 5.74) is 0.291. The van der Waals surface area contributed by atoms with Crippen molar-refractivity contribution in [3.63, 3.8) is 0 Å². The van der Waals surface area contributed by atoms with Crippen LogP contribution in [0.3, 0.4) is 0 Å². The third-order valence-electron chi connectivity index (χ3n) is 5.57. The lowest BCUT2D eigenvalue weighted by Crippen LogP contribution is -2.29. The molecular weight excluding hydrogens is 481 g/mol. The molecule has 1 aliphatic heterocycles. The molecule has 2 amide bonds. The van der Waals surface area contributed by atoms with Crippen LogP contribution in [0, 0.1) is 11.8 Å². The van der Waals surface area contributed by atoms with Gasteiger partial charge in [-0.1, -0.05) is 5.92 Å². The summed E-state index contributed by atoms with van der Waals surface area (Å²) in [5.74, 6) is 5.05. The summed E-state index contributed by atoms with van der Waals surface area (Å²) in [4.78, 5) is 31.9. The molecule has 1 aliphatic rings. The van der Waals surface area contributed by atoms with E-state index in [9.17, 15) is 22.8 Å². The van der Waals surface area contributed by atoms with Crippen molar-refractivity contribution < 1.29 is 27.5 Å². The standard InChI is InChI=1S/C24H21F3N4O3S/c1-31-17(4-7-22(31)33)8-10-34-19-5-3-16(23-28-13-20(30-23)24(25,26)27)12-18(19)29-21(32)6-2-15-9-11-35-14-15/h3,5,9,11-14,17H,4,7-8,10H2,1H3,(H,28,30)(H,29,32). The molecule has 11 heteroatoms. The SMILES string of the molecule is CN1C(=O)CCC1CCOc1ccc(-c2ncc(C(F)(F)F)[nH]2)cc1NC(=O)C#Cc1ccsc1. The van der Waals surface area contributed by atoms with Gasteiger partial charge in [-0.2, -0.15) is 24.5 Å². The second-order valence-corrected chi connectivity index (χ2v) is 8.68. The molecule has 2 N–H and O–H groups in total. The minimum atomic E-state index is -4.56. The van der Waals surface area contributed by atoms with Gasteiger partial charge in [0.05, 0.1) is 18.5 Å². The predicted octanol–water partition coefficient (Wildman–Crippen LogP) is 4.54.